The quantitative estimate of drug-likeness (QED) is 0.421. The maximum atomic E-state index is 12.0. The normalized spacial score (nSPS) is 10.2. The zero-order valence-corrected chi connectivity index (χ0v) is 19.9. The fraction of sp³-hybridized carbons (Fsp3) is 0.562. The van der Waals surface area contributed by atoms with Crippen LogP contribution in [0.1, 0.15) is 69.4 Å². The van der Waals surface area contributed by atoms with E-state index in [1.54, 1.807) is 0 Å². The molecule has 0 aliphatic rings. The first-order valence-electron chi connectivity index (χ1n) is 7.80. The first-order chi connectivity index (χ1) is 10.5. The Morgan fingerprint density at radius 3 is 2.46 bits per heavy atom. The number of fused-ring (bicyclic) bond motifs is 1. The average molecular weight is 370 g/mol. The molecule has 2 rings (SSSR count). The molecule has 0 bridgehead atoms. The Labute approximate surface area is 193 Å². The molecule has 2 aromatic rings. The van der Waals surface area contributed by atoms with Crippen molar-refractivity contribution in [3.8, 4) is 0 Å². The van der Waals surface area contributed by atoms with Crippen molar-refractivity contribution >= 4 is 27.5 Å². The van der Waals surface area contributed by atoms with Crippen molar-refractivity contribution in [2.24, 2.45) is 0 Å². The van der Waals surface area contributed by atoms with Gasteiger partial charge in [0.15, 0.2) is 0 Å². The minimum absolute atomic E-state index is 0. The number of nitrogens with zero attached hydrogens (tertiary/aromatic N) is 1. The Morgan fingerprint density at radius 2 is 1.83 bits per heavy atom. The maximum Gasteiger partial charge on any atom is 1.00 e. The van der Waals surface area contributed by atoms with Gasteiger partial charge in [-0.3, -0.25) is 4.79 Å². The molecule has 0 amide bonds. The summed E-state index contributed by atoms with van der Waals surface area (Å²) in [6.45, 7) is 4.12. The molecule has 0 aliphatic carbocycles. The molecule has 0 unspecified atom stereocenters. The molecule has 124 valence electrons. The Kier molecular flexibility index (Phi) is 12.0. The third kappa shape index (κ3) is 6.24. The first kappa shape index (κ1) is 24.3. The Morgan fingerprint density at radius 1 is 1.21 bits per heavy atom. The number of aromatic nitrogens is 2. The van der Waals surface area contributed by atoms with Gasteiger partial charge in [0, 0.05) is 4.88 Å². The number of carboxylic acid groups (broad SMARTS) is 1. The van der Waals surface area contributed by atoms with Gasteiger partial charge < -0.3 is 12.9 Å². The van der Waals surface area contributed by atoms with E-state index >= 15 is 0 Å². The number of hydrogen-bond donors (Lipinski definition) is 2. The smallest absolute Gasteiger partial charge is 1.00 e. The van der Waals surface area contributed by atoms with Crippen molar-refractivity contribution in [1.82, 2.24) is 9.97 Å². The van der Waals surface area contributed by atoms with Gasteiger partial charge >= 0.3 is 65.1 Å². The van der Waals surface area contributed by atoms with Crippen molar-refractivity contribution in [3.63, 3.8) is 0 Å². The number of aromatic amines is 1. The van der Waals surface area contributed by atoms with E-state index in [0.717, 1.165) is 23.3 Å². The van der Waals surface area contributed by atoms with Gasteiger partial charge in [0.25, 0.3) is 5.56 Å². The first-order valence-corrected chi connectivity index (χ1v) is 8.61. The molecule has 0 aromatic carbocycles. The Bertz CT molecular complexity index is 738. The molecule has 24 heavy (non-hydrogen) atoms. The zero-order chi connectivity index (χ0) is 16.1. The molecule has 5 nitrogen and oxygen atoms in total. The van der Waals surface area contributed by atoms with Crippen LogP contribution in [-0.4, -0.2) is 21.0 Å². The Balaban J connectivity index is -0.00000132. The van der Waals surface area contributed by atoms with Crippen molar-refractivity contribution in [2.45, 2.75) is 58.8 Å². The van der Waals surface area contributed by atoms with Crippen molar-refractivity contribution < 1.29 is 71.9 Å². The summed E-state index contributed by atoms with van der Waals surface area (Å²) in [4.78, 5) is 31.0. The van der Waals surface area contributed by atoms with Crippen LogP contribution < -0.4 is 64.7 Å². The molecule has 0 spiro atoms. The van der Waals surface area contributed by atoms with Crippen LogP contribution in [0.4, 0.5) is 0 Å². The third-order valence-electron chi connectivity index (χ3n) is 3.86. The fourth-order valence-corrected chi connectivity index (χ4v) is 3.82. The molecule has 0 saturated heterocycles. The second kappa shape index (κ2) is 11.8. The second-order valence-electron chi connectivity index (χ2n) is 5.57. The van der Waals surface area contributed by atoms with E-state index in [2.05, 4.69) is 16.9 Å². The number of carbonyl (C=O) groups is 1. The van der Waals surface area contributed by atoms with Crippen LogP contribution in [0.15, 0.2) is 4.79 Å². The number of H-pyrrole nitrogens is 1. The maximum absolute atomic E-state index is 12.0. The van der Waals surface area contributed by atoms with Crippen LogP contribution in [0.2, 0.25) is 0 Å². The van der Waals surface area contributed by atoms with Gasteiger partial charge in [-0.15, -0.1) is 11.3 Å². The average Bonchev–Trinajstić information content (AvgIpc) is 2.79. The second-order valence-corrected chi connectivity index (χ2v) is 6.65. The summed E-state index contributed by atoms with van der Waals surface area (Å²) >= 11 is 1.44. The SMILES string of the molecule is CCCCCCCCc1sc2nc(C(=O)O)[nH]c(=O)c2c1C.[H-].[H-].[Na+].[Na+]. The number of nitrogens with one attached hydrogen (secondary N) is 1. The van der Waals surface area contributed by atoms with Gasteiger partial charge in [-0.1, -0.05) is 39.0 Å². The molecule has 2 N–H and O–H groups in total. The van der Waals surface area contributed by atoms with E-state index in [9.17, 15) is 9.59 Å². The van der Waals surface area contributed by atoms with Gasteiger partial charge in [-0.25, -0.2) is 9.78 Å². The standard InChI is InChI=1S/C16H22N2O3S.2Na.2H/c1-3-4-5-6-7-8-9-11-10(2)12-14(19)17-13(16(20)21)18-15(12)22-11;;;;/h3-9H2,1-2H3,(H,20,21)(H,17,18,19);;;;/q;2*+1;2*-1. The van der Waals surface area contributed by atoms with Crippen molar-refractivity contribution in [2.75, 3.05) is 0 Å². The van der Waals surface area contributed by atoms with Crippen LogP contribution in [-0.2, 0) is 6.42 Å². The number of unbranched alkanes of at least 4 members (excludes halogenated alkanes) is 5. The summed E-state index contributed by atoms with van der Waals surface area (Å²) in [6, 6.07) is 0. The summed E-state index contributed by atoms with van der Waals surface area (Å²) in [7, 11) is 0. The molecule has 2 aromatic heterocycles. The van der Waals surface area contributed by atoms with E-state index in [1.807, 2.05) is 6.92 Å². The van der Waals surface area contributed by atoms with Crippen molar-refractivity contribution in [3.05, 3.63) is 26.6 Å². The molecule has 8 heteroatoms. The molecular formula is C16H24N2Na2O3S. The molecule has 0 fully saturated rings. The van der Waals surface area contributed by atoms with Crippen LogP contribution in [0, 0.1) is 6.92 Å². The van der Waals surface area contributed by atoms with Gasteiger partial charge in [-0.2, -0.15) is 0 Å². The number of aryl methyl sites for hydroxylation is 2. The van der Waals surface area contributed by atoms with Gasteiger partial charge in [0.2, 0.25) is 5.82 Å². The number of thiophene rings is 1. The number of rotatable bonds is 8. The molecule has 2 heterocycles. The van der Waals surface area contributed by atoms with Gasteiger partial charge in [-0.05, 0) is 25.3 Å². The van der Waals surface area contributed by atoms with Gasteiger partial charge in [0.1, 0.15) is 4.83 Å². The van der Waals surface area contributed by atoms with E-state index < -0.39 is 5.97 Å². The molecule has 0 radical (unpaired) electrons. The largest absolute Gasteiger partial charge is 1.00 e. The Hall–Kier alpha value is 0.310. The summed E-state index contributed by atoms with van der Waals surface area (Å²) in [5.74, 6) is -1.49. The van der Waals surface area contributed by atoms with Crippen LogP contribution >= 0.6 is 11.3 Å². The van der Waals surface area contributed by atoms with Crippen molar-refractivity contribution in [1.29, 1.82) is 0 Å². The number of carboxylic acids is 1. The zero-order valence-electron chi connectivity index (χ0n) is 17.1. The number of hydrogen-bond acceptors (Lipinski definition) is 4. The van der Waals surface area contributed by atoms with Gasteiger partial charge in [0.05, 0.1) is 5.39 Å². The summed E-state index contributed by atoms with van der Waals surface area (Å²) in [6.07, 6.45) is 8.29. The van der Waals surface area contributed by atoms with E-state index in [1.165, 1.54) is 43.4 Å². The molecule has 0 aliphatic heterocycles. The topological polar surface area (TPSA) is 83.0 Å². The molecular weight excluding hydrogens is 346 g/mol. The summed E-state index contributed by atoms with van der Waals surface area (Å²) in [5.41, 5.74) is 0.588. The molecule has 0 saturated carbocycles. The van der Waals surface area contributed by atoms with E-state index in [4.69, 9.17) is 5.11 Å². The number of aromatic carboxylic acids is 1. The molecule has 0 atom stereocenters. The van der Waals surface area contributed by atoms with E-state index in [-0.39, 0.29) is 73.4 Å². The van der Waals surface area contributed by atoms with Crippen LogP contribution in [0.25, 0.3) is 10.2 Å². The minimum atomic E-state index is -1.21. The predicted molar refractivity (Wildman–Crippen MR) is 91.2 cm³/mol. The fourth-order valence-electron chi connectivity index (χ4n) is 2.60. The summed E-state index contributed by atoms with van der Waals surface area (Å²) < 4.78 is 0. The van der Waals surface area contributed by atoms with Crippen LogP contribution in [0.3, 0.4) is 0 Å². The summed E-state index contributed by atoms with van der Waals surface area (Å²) in [5, 5.41) is 9.50. The predicted octanol–water partition coefficient (Wildman–Crippen LogP) is -1.87. The minimum Gasteiger partial charge on any atom is -1.00 e. The van der Waals surface area contributed by atoms with E-state index in [0.29, 0.717) is 10.2 Å². The monoisotopic (exact) mass is 370 g/mol. The third-order valence-corrected chi connectivity index (χ3v) is 5.10. The van der Waals surface area contributed by atoms with Crippen LogP contribution in [0.5, 0.6) is 0 Å².